The summed E-state index contributed by atoms with van der Waals surface area (Å²) < 4.78 is 5.49. The van der Waals surface area contributed by atoms with Gasteiger partial charge in [0.25, 0.3) is 0 Å². The fourth-order valence-corrected chi connectivity index (χ4v) is 6.83. The fraction of sp³-hybridized carbons (Fsp3) is 0.947. The summed E-state index contributed by atoms with van der Waals surface area (Å²) in [6.45, 7) is 7.38. The smallest absolute Gasteiger partial charge is 0.306 e. The van der Waals surface area contributed by atoms with E-state index in [9.17, 15) is 9.90 Å². The van der Waals surface area contributed by atoms with Gasteiger partial charge in [-0.05, 0) is 74.5 Å². The minimum Gasteiger partial charge on any atom is -0.465 e. The van der Waals surface area contributed by atoms with Crippen molar-refractivity contribution in [1.29, 1.82) is 0 Å². The van der Waals surface area contributed by atoms with Crippen LogP contribution in [0.3, 0.4) is 0 Å². The maximum Gasteiger partial charge on any atom is 0.306 e. The monoisotopic (exact) mass is 306 g/mol. The van der Waals surface area contributed by atoms with Crippen molar-refractivity contribution in [3.8, 4) is 0 Å². The van der Waals surface area contributed by atoms with Gasteiger partial charge in [0.15, 0.2) is 0 Å². The third kappa shape index (κ3) is 1.75. The van der Waals surface area contributed by atoms with Crippen LogP contribution in [0.5, 0.6) is 0 Å². The Morgan fingerprint density at radius 1 is 1.05 bits per heavy atom. The molecule has 0 unspecified atom stereocenters. The van der Waals surface area contributed by atoms with Crippen LogP contribution in [0.15, 0.2) is 0 Å². The van der Waals surface area contributed by atoms with E-state index in [2.05, 4.69) is 20.8 Å². The highest BCUT2D eigenvalue weighted by atomic mass is 16.5. The van der Waals surface area contributed by atoms with Crippen LogP contribution in [0.1, 0.15) is 65.7 Å². The van der Waals surface area contributed by atoms with Crippen molar-refractivity contribution in [2.75, 3.05) is 6.61 Å². The summed E-state index contributed by atoms with van der Waals surface area (Å²) in [5, 5.41) is 10.9. The molecule has 0 aromatic rings. The largest absolute Gasteiger partial charge is 0.465 e. The zero-order valence-electron chi connectivity index (χ0n) is 14.2. The van der Waals surface area contributed by atoms with Gasteiger partial charge >= 0.3 is 5.97 Å². The minimum absolute atomic E-state index is 0.00497. The molecule has 4 rings (SSSR count). The van der Waals surface area contributed by atoms with Crippen molar-refractivity contribution in [1.82, 2.24) is 0 Å². The number of esters is 1. The summed E-state index contributed by atoms with van der Waals surface area (Å²) in [5.41, 5.74) is -0.241. The number of hydrogen-bond acceptors (Lipinski definition) is 3. The van der Waals surface area contributed by atoms with Crippen molar-refractivity contribution in [3.05, 3.63) is 0 Å². The first-order chi connectivity index (χ1) is 10.3. The molecule has 3 saturated carbocycles. The van der Waals surface area contributed by atoms with Crippen molar-refractivity contribution >= 4 is 5.97 Å². The Bertz CT molecular complexity index is 499. The number of hydrogen-bond donors (Lipinski definition) is 1. The maximum absolute atomic E-state index is 11.7. The van der Waals surface area contributed by atoms with E-state index in [-0.39, 0.29) is 16.8 Å². The van der Waals surface area contributed by atoms with Gasteiger partial charge in [-0.2, -0.15) is 0 Å². The molecule has 1 heterocycles. The van der Waals surface area contributed by atoms with Crippen LogP contribution in [0.25, 0.3) is 0 Å². The van der Waals surface area contributed by atoms with Gasteiger partial charge in [0.1, 0.15) is 0 Å². The third-order valence-electron chi connectivity index (χ3n) is 8.58. The van der Waals surface area contributed by atoms with E-state index in [1.165, 1.54) is 25.7 Å². The van der Waals surface area contributed by atoms with Crippen LogP contribution < -0.4 is 0 Å². The lowest BCUT2D eigenvalue weighted by molar-refractivity contribution is -0.186. The lowest BCUT2D eigenvalue weighted by Crippen LogP contribution is -2.57. The van der Waals surface area contributed by atoms with Gasteiger partial charge in [0.2, 0.25) is 0 Å². The molecule has 3 heteroatoms. The van der Waals surface area contributed by atoms with E-state index >= 15 is 0 Å². The zero-order chi connectivity index (χ0) is 15.8. The third-order valence-corrected chi connectivity index (χ3v) is 8.58. The average Bonchev–Trinajstić information content (AvgIpc) is 2.70. The molecule has 0 bridgehead atoms. The number of rotatable bonds is 0. The first-order valence-electron chi connectivity index (χ1n) is 9.16. The molecule has 0 aromatic heterocycles. The molecule has 1 saturated heterocycles. The Morgan fingerprint density at radius 3 is 2.55 bits per heavy atom. The zero-order valence-corrected chi connectivity index (χ0v) is 14.2. The molecule has 0 aromatic carbocycles. The van der Waals surface area contributed by atoms with Gasteiger partial charge in [-0.25, -0.2) is 0 Å². The van der Waals surface area contributed by atoms with Gasteiger partial charge in [0.05, 0.1) is 12.2 Å². The van der Waals surface area contributed by atoms with E-state index in [0.29, 0.717) is 36.7 Å². The SMILES string of the molecule is C[C@]12COC(=O)C[C@@H]1CC[C@H]1[C@@H]2CC[C@@]2(C)[C@H]1CC[C@@]2(C)O. The number of carbonyl (C=O) groups excluding carboxylic acids is 1. The maximum atomic E-state index is 11.7. The van der Waals surface area contributed by atoms with Crippen molar-refractivity contribution in [2.45, 2.75) is 71.3 Å². The second-order valence-electron chi connectivity index (χ2n) is 9.29. The van der Waals surface area contributed by atoms with E-state index in [1.54, 1.807) is 0 Å². The number of cyclic esters (lactones) is 1. The van der Waals surface area contributed by atoms with Crippen LogP contribution in [0.2, 0.25) is 0 Å². The summed E-state index contributed by atoms with van der Waals surface area (Å²) in [4.78, 5) is 11.7. The predicted molar refractivity (Wildman–Crippen MR) is 84.1 cm³/mol. The first-order valence-corrected chi connectivity index (χ1v) is 9.16. The molecule has 1 aliphatic heterocycles. The second-order valence-corrected chi connectivity index (χ2v) is 9.29. The Balaban J connectivity index is 1.65. The summed E-state index contributed by atoms with van der Waals surface area (Å²) in [6, 6.07) is 0. The van der Waals surface area contributed by atoms with E-state index in [1.807, 2.05) is 0 Å². The van der Waals surface area contributed by atoms with Gasteiger partial charge < -0.3 is 9.84 Å². The summed E-state index contributed by atoms with van der Waals surface area (Å²) in [5.74, 6) is 2.56. The normalized spacial score (nSPS) is 57.5. The predicted octanol–water partition coefficient (Wildman–Crippen LogP) is 3.54. The quantitative estimate of drug-likeness (QED) is 0.696. The molecular formula is C19H30O3. The molecule has 3 aliphatic carbocycles. The summed E-state index contributed by atoms with van der Waals surface area (Å²) in [7, 11) is 0. The first kappa shape index (κ1) is 15.0. The topological polar surface area (TPSA) is 46.5 Å². The molecule has 0 radical (unpaired) electrons. The molecular weight excluding hydrogens is 276 g/mol. The highest BCUT2D eigenvalue weighted by molar-refractivity contribution is 5.70. The van der Waals surface area contributed by atoms with E-state index < -0.39 is 5.60 Å². The number of carbonyl (C=O) groups is 1. The summed E-state index contributed by atoms with van der Waals surface area (Å²) >= 11 is 0. The average molecular weight is 306 g/mol. The molecule has 1 N–H and O–H groups in total. The minimum atomic E-state index is -0.501. The standard InChI is InChI=1S/C19H30O3/c1-17-11-22-16(20)10-12(17)4-5-13-14(17)6-8-18(2)15(13)7-9-19(18,3)21/h12-15,21H,4-11H2,1-3H3/t12-,13-,14-,15-,17-,18-,19+/m0/s1. The van der Waals surface area contributed by atoms with Crippen LogP contribution in [-0.4, -0.2) is 23.3 Å². The fourth-order valence-electron chi connectivity index (χ4n) is 6.83. The molecule has 4 fully saturated rings. The van der Waals surface area contributed by atoms with Gasteiger partial charge in [-0.3, -0.25) is 4.79 Å². The van der Waals surface area contributed by atoms with Crippen molar-refractivity contribution in [2.24, 2.45) is 34.5 Å². The molecule has 7 atom stereocenters. The number of aliphatic hydroxyl groups is 1. The lowest BCUT2D eigenvalue weighted by atomic mass is 9.46. The van der Waals surface area contributed by atoms with Crippen LogP contribution in [0, 0.1) is 34.5 Å². The van der Waals surface area contributed by atoms with Gasteiger partial charge in [0, 0.05) is 11.8 Å². The van der Waals surface area contributed by atoms with Crippen LogP contribution >= 0.6 is 0 Å². The Kier molecular flexibility index (Phi) is 3.06. The molecule has 0 spiro atoms. The van der Waals surface area contributed by atoms with Crippen LogP contribution in [0.4, 0.5) is 0 Å². The second kappa shape index (κ2) is 4.49. The molecule has 4 aliphatic rings. The number of fused-ring (bicyclic) bond motifs is 5. The number of ether oxygens (including phenoxy) is 1. The van der Waals surface area contributed by atoms with E-state index in [0.717, 1.165) is 12.8 Å². The van der Waals surface area contributed by atoms with Gasteiger partial charge in [-0.1, -0.05) is 13.8 Å². The molecule has 22 heavy (non-hydrogen) atoms. The van der Waals surface area contributed by atoms with E-state index in [4.69, 9.17) is 4.74 Å². The lowest BCUT2D eigenvalue weighted by Gasteiger charge is -2.60. The Labute approximate surface area is 133 Å². The molecule has 0 amide bonds. The summed E-state index contributed by atoms with van der Waals surface area (Å²) in [6.07, 6.45) is 7.48. The highest BCUT2D eigenvalue weighted by Crippen LogP contribution is 2.67. The van der Waals surface area contributed by atoms with Crippen molar-refractivity contribution in [3.63, 3.8) is 0 Å². The molecule has 124 valence electrons. The highest BCUT2D eigenvalue weighted by Gasteiger charge is 2.63. The van der Waals surface area contributed by atoms with Gasteiger partial charge in [-0.15, -0.1) is 0 Å². The van der Waals surface area contributed by atoms with Crippen LogP contribution in [-0.2, 0) is 9.53 Å². The Hall–Kier alpha value is -0.570. The Morgan fingerprint density at radius 2 is 1.77 bits per heavy atom. The molecule has 3 nitrogen and oxygen atoms in total. The van der Waals surface area contributed by atoms with Crippen molar-refractivity contribution < 1.29 is 14.6 Å².